The molecule has 1 aromatic carbocycles. The van der Waals surface area contributed by atoms with Gasteiger partial charge in [0.2, 0.25) is 0 Å². The molecule has 0 heterocycles. The van der Waals surface area contributed by atoms with Gasteiger partial charge in [0.15, 0.2) is 5.78 Å². The zero-order valence-corrected chi connectivity index (χ0v) is 9.33. The molecule has 17 heavy (non-hydrogen) atoms. The molecule has 1 aromatic rings. The summed E-state index contributed by atoms with van der Waals surface area (Å²) in [4.78, 5) is 22.8. The molecule has 0 bridgehead atoms. The summed E-state index contributed by atoms with van der Waals surface area (Å²) in [6.45, 7) is 0.206. The highest BCUT2D eigenvalue weighted by molar-refractivity contribution is 6.08. The number of rotatable bonds is 6. The van der Waals surface area contributed by atoms with E-state index < -0.39 is 29.4 Å². The lowest BCUT2D eigenvalue weighted by Crippen LogP contribution is -2.11. The molecular weight excluding hydrogens is 230 g/mol. The summed E-state index contributed by atoms with van der Waals surface area (Å²) in [5.41, 5.74) is -0.393. The summed E-state index contributed by atoms with van der Waals surface area (Å²) < 4.78 is 30.7. The molecule has 0 spiro atoms. The first-order chi connectivity index (χ1) is 8.04. The van der Waals surface area contributed by atoms with Gasteiger partial charge in [0.05, 0.1) is 18.6 Å². The van der Waals surface area contributed by atoms with Crippen molar-refractivity contribution in [3.8, 4) is 0 Å². The molecule has 0 atom stereocenters. The number of ketones is 2. The van der Waals surface area contributed by atoms with Crippen molar-refractivity contribution in [3.05, 3.63) is 35.4 Å². The van der Waals surface area contributed by atoms with Crippen LogP contribution < -0.4 is 0 Å². The molecule has 92 valence electrons. The summed E-state index contributed by atoms with van der Waals surface area (Å²) in [5, 5.41) is 0. The average Bonchev–Trinajstić information content (AvgIpc) is 2.29. The van der Waals surface area contributed by atoms with E-state index in [0.717, 1.165) is 18.2 Å². The zero-order chi connectivity index (χ0) is 12.8. The Hall–Kier alpha value is -1.62. The second-order valence-electron chi connectivity index (χ2n) is 3.51. The van der Waals surface area contributed by atoms with Gasteiger partial charge >= 0.3 is 0 Å². The Morgan fingerprint density at radius 1 is 1.29 bits per heavy atom. The van der Waals surface area contributed by atoms with Gasteiger partial charge in [-0.15, -0.1) is 0 Å². The SMILES string of the molecule is COCCC(=O)CC(=O)c1cc(F)ccc1F. The average molecular weight is 242 g/mol. The van der Waals surface area contributed by atoms with E-state index >= 15 is 0 Å². The number of hydrogen-bond donors (Lipinski definition) is 0. The topological polar surface area (TPSA) is 43.4 Å². The van der Waals surface area contributed by atoms with E-state index in [4.69, 9.17) is 0 Å². The molecule has 0 aliphatic heterocycles. The Bertz CT molecular complexity index is 430. The summed E-state index contributed by atoms with van der Waals surface area (Å²) in [6.07, 6.45) is -0.358. The molecule has 1 rings (SSSR count). The molecule has 0 saturated heterocycles. The molecule has 0 radical (unpaired) electrons. The van der Waals surface area contributed by atoms with Crippen LogP contribution in [0.3, 0.4) is 0 Å². The van der Waals surface area contributed by atoms with Gasteiger partial charge in [-0.1, -0.05) is 0 Å². The fourth-order valence-electron chi connectivity index (χ4n) is 1.29. The van der Waals surface area contributed by atoms with Crippen LogP contribution in [0.15, 0.2) is 18.2 Å². The summed E-state index contributed by atoms with van der Waals surface area (Å²) >= 11 is 0. The van der Waals surface area contributed by atoms with E-state index in [1.807, 2.05) is 0 Å². The first-order valence-corrected chi connectivity index (χ1v) is 5.03. The second kappa shape index (κ2) is 6.20. The minimum Gasteiger partial charge on any atom is -0.384 e. The number of ether oxygens (including phenoxy) is 1. The van der Waals surface area contributed by atoms with Gasteiger partial charge in [-0.25, -0.2) is 8.78 Å². The van der Waals surface area contributed by atoms with Crippen LogP contribution in [-0.2, 0) is 9.53 Å². The molecule has 3 nitrogen and oxygen atoms in total. The van der Waals surface area contributed by atoms with Crippen LogP contribution in [0.2, 0.25) is 0 Å². The van der Waals surface area contributed by atoms with Crippen molar-refractivity contribution in [2.24, 2.45) is 0 Å². The molecule has 0 aromatic heterocycles. The Morgan fingerprint density at radius 2 is 2.00 bits per heavy atom. The molecule has 0 unspecified atom stereocenters. The number of methoxy groups -OCH3 is 1. The third kappa shape index (κ3) is 4.03. The zero-order valence-electron chi connectivity index (χ0n) is 9.33. The summed E-state index contributed by atoms with van der Waals surface area (Å²) in [6, 6.07) is 2.57. The van der Waals surface area contributed by atoms with E-state index in [0.29, 0.717) is 0 Å². The highest BCUT2D eigenvalue weighted by Gasteiger charge is 2.16. The van der Waals surface area contributed by atoms with E-state index in [2.05, 4.69) is 4.74 Å². The van der Waals surface area contributed by atoms with Crippen LogP contribution in [0, 0.1) is 11.6 Å². The Labute approximate surface area is 97.4 Å². The van der Waals surface area contributed by atoms with Crippen molar-refractivity contribution < 1.29 is 23.1 Å². The number of benzene rings is 1. The third-order valence-corrected chi connectivity index (χ3v) is 2.17. The third-order valence-electron chi connectivity index (χ3n) is 2.17. The molecule has 0 N–H and O–H groups in total. The quantitative estimate of drug-likeness (QED) is 0.567. The lowest BCUT2D eigenvalue weighted by Gasteiger charge is -2.02. The largest absolute Gasteiger partial charge is 0.384 e. The number of carbonyl (C=O) groups excluding carboxylic acids is 2. The van der Waals surface area contributed by atoms with Gasteiger partial charge in [-0.2, -0.15) is 0 Å². The fraction of sp³-hybridized carbons (Fsp3) is 0.333. The highest BCUT2D eigenvalue weighted by Crippen LogP contribution is 2.12. The van der Waals surface area contributed by atoms with Crippen molar-refractivity contribution in [3.63, 3.8) is 0 Å². The van der Waals surface area contributed by atoms with Crippen molar-refractivity contribution in [2.45, 2.75) is 12.8 Å². The molecule has 0 aliphatic rings. The number of carbonyl (C=O) groups is 2. The van der Waals surface area contributed by atoms with Crippen molar-refractivity contribution in [2.75, 3.05) is 13.7 Å². The van der Waals surface area contributed by atoms with Gasteiger partial charge in [0, 0.05) is 13.5 Å². The molecule has 0 saturated carbocycles. The predicted octanol–water partition coefficient (Wildman–Crippen LogP) is 2.14. The first kappa shape index (κ1) is 13.4. The second-order valence-corrected chi connectivity index (χ2v) is 3.51. The van der Waals surface area contributed by atoms with Crippen LogP contribution >= 0.6 is 0 Å². The van der Waals surface area contributed by atoms with Crippen molar-refractivity contribution >= 4 is 11.6 Å². The molecular formula is C12H12F2O3. The maximum absolute atomic E-state index is 13.2. The van der Waals surface area contributed by atoms with Crippen LogP contribution in [-0.4, -0.2) is 25.3 Å². The van der Waals surface area contributed by atoms with Crippen LogP contribution in [0.5, 0.6) is 0 Å². The monoisotopic (exact) mass is 242 g/mol. The van der Waals surface area contributed by atoms with Crippen LogP contribution in [0.25, 0.3) is 0 Å². The standard InChI is InChI=1S/C12H12F2O3/c1-17-5-4-9(15)7-12(16)10-6-8(13)2-3-11(10)14/h2-3,6H,4-5,7H2,1H3. The molecule has 0 aliphatic carbocycles. The minimum absolute atomic E-state index is 0.0825. The Kier molecular flexibility index (Phi) is 4.90. The van der Waals surface area contributed by atoms with Crippen LogP contribution in [0.1, 0.15) is 23.2 Å². The number of hydrogen-bond acceptors (Lipinski definition) is 3. The maximum atomic E-state index is 13.2. The summed E-state index contributed by atoms with van der Waals surface area (Å²) in [5.74, 6) is -2.61. The minimum atomic E-state index is -0.823. The van der Waals surface area contributed by atoms with Crippen molar-refractivity contribution in [1.82, 2.24) is 0 Å². The molecule has 5 heteroatoms. The van der Waals surface area contributed by atoms with E-state index in [9.17, 15) is 18.4 Å². The van der Waals surface area contributed by atoms with Gasteiger partial charge in [-0.3, -0.25) is 9.59 Å². The van der Waals surface area contributed by atoms with Gasteiger partial charge in [0.1, 0.15) is 17.4 Å². The lowest BCUT2D eigenvalue weighted by atomic mass is 10.0. The maximum Gasteiger partial charge on any atom is 0.173 e. The van der Waals surface area contributed by atoms with E-state index in [1.54, 1.807) is 0 Å². The number of halogens is 2. The smallest absolute Gasteiger partial charge is 0.173 e. The van der Waals surface area contributed by atoms with Crippen molar-refractivity contribution in [1.29, 1.82) is 0 Å². The summed E-state index contributed by atoms with van der Waals surface area (Å²) in [7, 11) is 1.43. The number of Topliss-reactive ketones (excluding diaryl/α,β-unsaturated/α-hetero) is 2. The Balaban J connectivity index is 2.69. The fourth-order valence-corrected chi connectivity index (χ4v) is 1.29. The first-order valence-electron chi connectivity index (χ1n) is 5.03. The van der Waals surface area contributed by atoms with Gasteiger partial charge in [-0.05, 0) is 18.2 Å². The van der Waals surface area contributed by atoms with E-state index in [1.165, 1.54) is 7.11 Å². The predicted molar refractivity (Wildman–Crippen MR) is 56.8 cm³/mol. The highest BCUT2D eigenvalue weighted by atomic mass is 19.1. The molecule has 0 amide bonds. The Morgan fingerprint density at radius 3 is 2.65 bits per heavy atom. The van der Waals surface area contributed by atoms with Crippen LogP contribution in [0.4, 0.5) is 8.78 Å². The lowest BCUT2D eigenvalue weighted by molar-refractivity contribution is -0.119. The van der Waals surface area contributed by atoms with Gasteiger partial charge < -0.3 is 4.74 Å². The normalized spacial score (nSPS) is 10.3. The van der Waals surface area contributed by atoms with E-state index in [-0.39, 0.29) is 18.8 Å². The molecule has 0 fully saturated rings. The van der Waals surface area contributed by atoms with Gasteiger partial charge in [0.25, 0.3) is 0 Å².